The highest BCUT2D eigenvalue weighted by Gasteiger charge is 2.42. The van der Waals surface area contributed by atoms with Crippen molar-refractivity contribution in [3.63, 3.8) is 0 Å². The van der Waals surface area contributed by atoms with Crippen LogP contribution in [0.4, 0.5) is 9.52 Å². The number of methoxy groups -OCH3 is 2. The number of nitrogens with zero attached hydrogens (tertiary/aromatic N) is 1. The number of carboxylic acid groups (broad SMARTS) is 1. The van der Waals surface area contributed by atoms with Crippen LogP contribution < -0.4 is 10.1 Å². The molecule has 1 aromatic heterocycles. The van der Waals surface area contributed by atoms with Gasteiger partial charge in [0.1, 0.15) is 11.6 Å². The van der Waals surface area contributed by atoms with E-state index in [9.17, 15) is 14.0 Å². The van der Waals surface area contributed by atoms with E-state index in [0.29, 0.717) is 17.0 Å². The lowest BCUT2D eigenvalue weighted by atomic mass is 10.1. The number of carbonyl (C=O) groups is 2. The molecule has 0 bridgehead atoms. The molecule has 1 atom stereocenters. The zero-order valence-electron chi connectivity index (χ0n) is 13.1. The van der Waals surface area contributed by atoms with Gasteiger partial charge in [-0.1, -0.05) is 0 Å². The predicted molar refractivity (Wildman–Crippen MR) is 85.7 cm³/mol. The molecule has 1 unspecified atom stereocenters. The molecule has 1 aromatic carbocycles. The minimum absolute atomic E-state index is 0.158. The number of carboxylic acids is 1. The van der Waals surface area contributed by atoms with Gasteiger partial charge in [-0.3, -0.25) is 10.1 Å². The van der Waals surface area contributed by atoms with E-state index in [1.54, 1.807) is 5.38 Å². The van der Waals surface area contributed by atoms with Crippen molar-refractivity contribution in [1.29, 1.82) is 0 Å². The topological polar surface area (TPSA) is 97.8 Å². The maximum Gasteiger partial charge on any atom is 0.345 e. The van der Waals surface area contributed by atoms with Gasteiger partial charge in [-0.15, -0.1) is 11.3 Å². The SMILES string of the molecule is COc1ccc(F)cc1-c1csc(NC(=O)C(C)(OC)C(=O)O)n1. The predicted octanol–water partition coefficient (Wildman–Crippen LogP) is 2.39. The first-order valence-corrected chi connectivity index (χ1v) is 7.59. The van der Waals surface area contributed by atoms with Crippen LogP contribution in [0.3, 0.4) is 0 Å². The number of ether oxygens (including phenoxy) is 2. The summed E-state index contributed by atoms with van der Waals surface area (Å²) in [5.74, 6) is -2.33. The Morgan fingerprint density at radius 1 is 1.38 bits per heavy atom. The molecule has 0 saturated carbocycles. The Hall–Kier alpha value is -2.52. The average Bonchev–Trinajstić information content (AvgIpc) is 3.02. The van der Waals surface area contributed by atoms with Crippen LogP contribution in [-0.2, 0) is 14.3 Å². The van der Waals surface area contributed by atoms with Crippen molar-refractivity contribution in [2.45, 2.75) is 12.5 Å². The van der Waals surface area contributed by atoms with Gasteiger partial charge < -0.3 is 14.6 Å². The molecular weight excluding hydrogens is 339 g/mol. The number of amides is 1. The maximum atomic E-state index is 13.4. The number of aliphatic carboxylic acids is 1. The van der Waals surface area contributed by atoms with Crippen molar-refractivity contribution in [3.8, 4) is 17.0 Å². The van der Waals surface area contributed by atoms with Gasteiger partial charge in [0.2, 0.25) is 5.60 Å². The number of aromatic nitrogens is 1. The second-order valence-corrected chi connectivity index (χ2v) is 5.74. The van der Waals surface area contributed by atoms with Crippen LogP contribution in [0.2, 0.25) is 0 Å². The number of rotatable bonds is 6. The summed E-state index contributed by atoms with van der Waals surface area (Å²) >= 11 is 1.07. The largest absolute Gasteiger partial charge is 0.496 e. The first kappa shape index (κ1) is 17.8. The van der Waals surface area contributed by atoms with Crippen LogP contribution >= 0.6 is 11.3 Å². The quantitative estimate of drug-likeness (QED) is 0.773. The monoisotopic (exact) mass is 354 g/mol. The summed E-state index contributed by atoms with van der Waals surface area (Å²) in [5.41, 5.74) is -1.23. The highest BCUT2D eigenvalue weighted by Crippen LogP contribution is 2.33. The molecule has 24 heavy (non-hydrogen) atoms. The van der Waals surface area contributed by atoms with E-state index in [0.717, 1.165) is 25.4 Å². The van der Waals surface area contributed by atoms with Crippen LogP contribution in [0.15, 0.2) is 23.6 Å². The van der Waals surface area contributed by atoms with E-state index in [2.05, 4.69) is 10.3 Å². The summed E-state index contributed by atoms with van der Waals surface area (Å²) in [4.78, 5) is 27.4. The van der Waals surface area contributed by atoms with Gasteiger partial charge in [-0.05, 0) is 25.1 Å². The molecule has 9 heteroatoms. The third-order valence-electron chi connectivity index (χ3n) is 3.41. The van der Waals surface area contributed by atoms with E-state index >= 15 is 0 Å². The van der Waals surface area contributed by atoms with Crippen molar-refractivity contribution in [3.05, 3.63) is 29.4 Å². The Morgan fingerprint density at radius 3 is 2.67 bits per heavy atom. The van der Waals surface area contributed by atoms with E-state index in [1.807, 2.05) is 0 Å². The fourth-order valence-corrected chi connectivity index (χ4v) is 2.53. The molecule has 0 radical (unpaired) electrons. The molecule has 0 spiro atoms. The number of anilines is 1. The summed E-state index contributed by atoms with van der Waals surface area (Å²) in [7, 11) is 2.57. The van der Waals surface area contributed by atoms with Gasteiger partial charge in [-0.25, -0.2) is 14.2 Å². The molecule has 1 heterocycles. The summed E-state index contributed by atoms with van der Waals surface area (Å²) in [6.07, 6.45) is 0. The number of benzene rings is 1. The Bertz CT molecular complexity index is 779. The Labute approximate surface area is 141 Å². The standard InChI is InChI=1S/C15H15FN2O5S/c1-15(23-3,13(20)21)12(19)18-14-17-10(7-24-14)9-6-8(16)4-5-11(9)22-2/h4-7H,1-3H3,(H,20,21)(H,17,18,19). The summed E-state index contributed by atoms with van der Waals surface area (Å²) in [6.45, 7) is 1.13. The van der Waals surface area contributed by atoms with Crippen molar-refractivity contribution in [2.24, 2.45) is 0 Å². The van der Waals surface area contributed by atoms with Gasteiger partial charge in [-0.2, -0.15) is 0 Å². The van der Waals surface area contributed by atoms with Crippen molar-refractivity contribution in [1.82, 2.24) is 4.98 Å². The molecule has 128 valence electrons. The molecule has 1 amide bonds. The number of halogens is 1. The van der Waals surface area contributed by atoms with Gasteiger partial charge in [0.05, 0.1) is 12.8 Å². The minimum Gasteiger partial charge on any atom is -0.496 e. The zero-order chi connectivity index (χ0) is 17.9. The number of hydrogen-bond donors (Lipinski definition) is 2. The Morgan fingerprint density at radius 2 is 2.08 bits per heavy atom. The van der Waals surface area contributed by atoms with E-state index in [-0.39, 0.29) is 5.13 Å². The highest BCUT2D eigenvalue weighted by atomic mass is 32.1. The number of thiazole rings is 1. The number of carbonyl (C=O) groups excluding carboxylic acids is 1. The van der Waals surface area contributed by atoms with Crippen LogP contribution in [0.25, 0.3) is 11.3 Å². The molecular formula is C15H15FN2O5S. The summed E-state index contributed by atoms with van der Waals surface area (Å²) in [6, 6.07) is 3.99. The first-order valence-electron chi connectivity index (χ1n) is 6.71. The molecule has 0 aliphatic rings. The third-order valence-corrected chi connectivity index (χ3v) is 4.17. The lowest BCUT2D eigenvalue weighted by molar-refractivity contribution is -0.165. The van der Waals surface area contributed by atoms with Crippen LogP contribution in [0.5, 0.6) is 5.75 Å². The van der Waals surface area contributed by atoms with Crippen LogP contribution in [-0.4, -0.2) is 41.8 Å². The van der Waals surface area contributed by atoms with E-state index in [4.69, 9.17) is 14.6 Å². The molecule has 2 rings (SSSR count). The first-order chi connectivity index (χ1) is 11.3. The minimum atomic E-state index is -2.04. The molecule has 2 N–H and O–H groups in total. The third kappa shape index (κ3) is 3.36. The Balaban J connectivity index is 2.28. The van der Waals surface area contributed by atoms with E-state index < -0.39 is 23.3 Å². The number of nitrogens with one attached hydrogen (secondary N) is 1. The number of hydrogen-bond acceptors (Lipinski definition) is 6. The summed E-state index contributed by atoms with van der Waals surface area (Å²) in [5, 5.41) is 13.2. The smallest absolute Gasteiger partial charge is 0.345 e. The van der Waals surface area contributed by atoms with Crippen LogP contribution in [0, 0.1) is 5.82 Å². The second kappa shape index (κ2) is 6.93. The molecule has 0 aliphatic carbocycles. The van der Waals surface area contributed by atoms with Gasteiger partial charge >= 0.3 is 5.97 Å². The normalized spacial score (nSPS) is 13.2. The average molecular weight is 354 g/mol. The van der Waals surface area contributed by atoms with Gasteiger partial charge in [0, 0.05) is 18.1 Å². The lowest BCUT2D eigenvalue weighted by Gasteiger charge is -2.20. The zero-order valence-corrected chi connectivity index (χ0v) is 13.9. The molecule has 2 aromatic rings. The molecule has 0 saturated heterocycles. The van der Waals surface area contributed by atoms with E-state index in [1.165, 1.54) is 25.3 Å². The maximum absolute atomic E-state index is 13.4. The fourth-order valence-electron chi connectivity index (χ4n) is 1.83. The fraction of sp³-hybridized carbons (Fsp3) is 0.267. The van der Waals surface area contributed by atoms with Crippen LogP contribution in [0.1, 0.15) is 6.92 Å². The molecule has 0 aliphatic heterocycles. The Kier molecular flexibility index (Phi) is 5.15. The second-order valence-electron chi connectivity index (χ2n) is 4.88. The molecule has 7 nitrogen and oxygen atoms in total. The van der Waals surface area contributed by atoms with Gasteiger partial charge in [0.15, 0.2) is 5.13 Å². The lowest BCUT2D eigenvalue weighted by Crippen LogP contribution is -2.48. The summed E-state index contributed by atoms with van der Waals surface area (Å²) < 4.78 is 23.4. The van der Waals surface area contributed by atoms with Crippen molar-refractivity contribution < 1.29 is 28.6 Å². The highest BCUT2D eigenvalue weighted by molar-refractivity contribution is 7.14. The molecule has 0 fully saturated rings. The van der Waals surface area contributed by atoms with Gasteiger partial charge in [0.25, 0.3) is 5.91 Å². The van der Waals surface area contributed by atoms with Crippen molar-refractivity contribution in [2.75, 3.05) is 19.5 Å². The van der Waals surface area contributed by atoms with Crippen molar-refractivity contribution >= 4 is 28.3 Å².